The lowest BCUT2D eigenvalue weighted by molar-refractivity contribution is 0.590. The molecule has 2 heterocycles. The molecule has 0 saturated heterocycles. The molecule has 0 spiro atoms. The molecule has 0 fully saturated rings. The van der Waals surface area contributed by atoms with Gasteiger partial charge in [-0.05, 0) is 51.7 Å². The first-order chi connectivity index (χ1) is 10.9. The topological polar surface area (TPSA) is 26.0 Å². The van der Waals surface area contributed by atoms with Crippen LogP contribution in [0.15, 0.2) is 69.8 Å². The van der Waals surface area contributed by atoms with E-state index in [1.54, 1.807) is 11.3 Å². The molecule has 4 aromatic rings. The Hall–Kier alpha value is -2.65. The van der Waals surface area contributed by atoms with Crippen molar-refractivity contribution in [3.05, 3.63) is 76.8 Å². The van der Waals surface area contributed by atoms with Crippen molar-refractivity contribution in [2.45, 2.75) is 0 Å². The molecule has 0 aliphatic carbocycles. The molecule has 0 amide bonds. The van der Waals surface area contributed by atoms with E-state index in [1.165, 1.54) is 5.56 Å². The Bertz CT molecular complexity index is 921. The largest absolute Gasteiger partial charge is 0.437 e. The third-order valence-electron chi connectivity index (χ3n) is 3.47. The van der Waals surface area contributed by atoms with Gasteiger partial charge in [-0.25, -0.2) is 4.98 Å². The smallest absolute Gasteiger partial charge is 0.220 e. The fourth-order valence-electron chi connectivity index (χ4n) is 2.36. The summed E-state index contributed by atoms with van der Waals surface area (Å²) < 4.78 is 5.76. The van der Waals surface area contributed by atoms with E-state index in [1.807, 2.05) is 36.4 Å². The molecular formula is C19H13NOS. The van der Waals surface area contributed by atoms with E-state index < -0.39 is 0 Å². The van der Waals surface area contributed by atoms with Crippen molar-refractivity contribution in [2.75, 3.05) is 0 Å². The number of fused-ring (bicyclic) bond motifs is 1. The average Bonchev–Trinajstić information content (AvgIpc) is 3.22. The molecular weight excluding hydrogens is 290 g/mol. The molecule has 0 aliphatic heterocycles. The van der Waals surface area contributed by atoms with Gasteiger partial charge in [0.25, 0.3) is 0 Å². The third-order valence-corrected chi connectivity index (χ3v) is 4.17. The molecule has 106 valence electrons. The van der Waals surface area contributed by atoms with Crippen LogP contribution in [-0.2, 0) is 0 Å². The predicted molar refractivity (Wildman–Crippen MR) is 92.7 cm³/mol. The monoisotopic (exact) mass is 303 g/mol. The number of thiophene rings is 1. The highest BCUT2D eigenvalue weighted by atomic mass is 32.1. The molecule has 2 aromatic carbocycles. The van der Waals surface area contributed by atoms with Gasteiger partial charge in [0.2, 0.25) is 5.89 Å². The number of aromatic nitrogens is 1. The van der Waals surface area contributed by atoms with Crippen molar-refractivity contribution < 1.29 is 4.42 Å². The normalized spacial score (nSPS) is 11.5. The van der Waals surface area contributed by atoms with E-state index in [0.29, 0.717) is 5.89 Å². The molecule has 2 nitrogen and oxygen atoms in total. The number of benzene rings is 2. The molecule has 0 bridgehead atoms. The average molecular weight is 303 g/mol. The first-order valence-electron chi connectivity index (χ1n) is 7.05. The van der Waals surface area contributed by atoms with E-state index in [0.717, 1.165) is 22.2 Å². The Balaban J connectivity index is 1.69. The second-order valence-corrected chi connectivity index (χ2v) is 5.77. The SMILES string of the molecule is C(=C\c1nc2cc(-c3ccccc3)ccc2o1)/c1ccsc1. The Morgan fingerprint density at radius 1 is 0.909 bits per heavy atom. The fourth-order valence-corrected chi connectivity index (χ4v) is 2.99. The van der Waals surface area contributed by atoms with Crippen LogP contribution >= 0.6 is 11.3 Å². The zero-order valence-electron chi connectivity index (χ0n) is 11.8. The minimum Gasteiger partial charge on any atom is -0.437 e. The molecule has 0 N–H and O–H groups in total. The maximum atomic E-state index is 5.76. The minimum atomic E-state index is 0.631. The van der Waals surface area contributed by atoms with Gasteiger partial charge in [0.05, 0.1) is 0 Å². The molecule has 22 heavy (non-hydrogen) atoms. The standard InChI is InChI=1S/C19H13NOS/c1-2-4-15(5-3-1)16-7-8-18-17(12-16)20-19(21-18)9-6-14-10-11-22-13-14/h1-13H/b9-6+. The van der Waals surface area contributed by atoms with Crippen molar-refractivity contribution in [1.29, 1.82) is 0 Å². The van der Waals surface area contributed by atoms with Crippen LogP contribution in [0.5, 0.6) is 0 Å². The van der Waals surface area contributed by atoms with Crippen LogP contribution in [0.1, 0.15) is 11.5 Å². The lowest BCUT2D eigenvalue weighted by Crippen LogP contribution is -1.77. The third kappa shape index (κ3) is 2.59. The second-order valence-electron chi connectivity index (χ2n) is 4.99. The van der Waals surface area contributed by atoms with Crippen molar-refractivity contribution in [1.82, 2.24) is 4.98 Å². The summed E-state index contributed by atoms with van der Waals surface area (Å²) in [5.41, 5.74) is 5.19. The Labute approximate surface area is 132 Å². The summed E-state index contributed by atoms with van der Waals surface area (Å²) in [5, 5.41) is 4.14. The van der Waals surface area contributed by atoms with Gasteiger partial charge >= 0.3 is 0 Å². The summed E-state index contributed by atoms with van der Waals surface area (Å²) in [4.78, 5) is 4.55. The van der Waals surface area contributed by atoms with E-state index in [-0.39, 0.29) is 0 Å². The quantitative estimate of drug-likeness (QED) is 0.483. The van der Waals surface area contributed by atoms with Crippen LogP contribution in [0, 0.1) is 0 Å². The van der Waals surface area contributed by atoms with Gasteiger partial charge < -0.3 is 4.42 Å². The fraction of sp³-hybridized carbons (Fsp3) is 0. The highest BCUT2D eigenvalue weighted by Crippen LogP contribution is 2.25. The van der Waals surface area contributed by atoms with Gasteiger partial charge in [0.15, 0.2) is 5.58 Å². The summed E-state index contributed by atoms with van der Waals surface area (Å²) in [6.07, 6.45) is 3.92. The van der Waals surface area contributed by atoms with Gasteiger partial charge in [-0.15, -0.1) is 0 Å². The van der Waals surface area contributed by atoms with Gasteiger partial charge in [0.1, 0.15) is 5.52 Å². The molecule has 0 unspecified atom stereocenters. The molecule has 3 heteroatoms. The van der Waals surface area contributed by atoms with Gasteiger partial charge in [0, 0.05) is 6.08 Å². The summed E-state index contributed by atoms with van der Waals surface area (Å²) in [7, 11) is 0. The Morgan fingerprint density at radius 3 is 2.64 bits per heavy atom. The van der Waals surface area contributed by atoms with Crippen LogP contribution in [0.3, 0.4) is 0 Å². The van der Waals surface area contributed by atoms with Crippen LogP contribution in [0.4, 0.5) is 0 Å². The molecule has 2 aromatic heterocycles. The second kappa shape index (κ2) is 5.62. The van der Waals surface area contributed by atoms with Crippen molar-refractivity contribution in [2.24, 2.45) is 0 Å². The van der Waals surface area contributed by atoms with Gasteiger partial charge in [-0.1, -0.05) is 36.4 Å². The summed E-state index contributed by atoms with van der Waals surface area (Å²) in [6.45, 7) is 0. The number of nitrogens with zero attached hydrogens (tertiary/aromatic N) is 1. The van der Waals surface area contributed by atoms with E-state index in [2.05, 4.69) is 46.1 Å². The molecule has 0 saturated carbocycles. The van der Waals surface area contributed by atoms with Gasteiger partial charge in [-0.3, -0.25) is 0 Å². The number of rotatable bonds is 3. The highest BCUT2D eigenvalue weighted by Gasteiger charge is 2.05. The van der Waals surface area contributed by atoms with E-state index in [9.17, 15) is 0 Å². The Kier molecular flexibility index (Phi) is 3.33. The van der Waals surface area contributed by atoms with Crippen LogP contribution in [0.25, 0.3) is 34.4 Å². The lowest BCUT2D eigenvalue weighted by atomic mass is 10.1. The van der Waals surface area contributed by atoms with Crippen molar-refractivity contribution in [3.63, 3.8) is 0 Å². The van der Waals surface area contributed by atoms with Gasteiger partial charge in [-0.2, -0.15) is 11.3 Å². The van der Waals surface area contributed by atoms with Crippen molar-refractivity contribution >= 4 is 34.6 Å². The minimum absolute atomic E-state index is 0.631. The van der Waals surface area contributed by atoms with Crippen LogP contribution in [-0.4, -0.2) is 4.98 Å². The molecule has 0 aliphatic rings. The maximum Gasteiger partial charge on any atom is 0.220 e. The molecule has 0 atom stereocenters. The van der Waals surface area contributed by atoms with Crippen LogP contribution in [0.2, 0.25) is 0 Å². The molecule has 4 rings (SSSR count). The first kappa shape index (κ1) is 13.0. The van der Waals surface area contributed by atoms with Crippen LogP contribution < -0.4 is 0 Å². The van der Waals surface area contributed by atoms with E-state index in [4.69, 9.17) is 4.42 Å². The van der Waals surface area contributed by atoms with Crippen molar-refractivity contribution in [3.8, 4) is 11.1 Å². The predicted octanol–water partition coefficient (Wildman–Crippen LogP) is 5.73. The maximum absolute atomic E-state index is 5.76. The zero-order valence-corrected chi connectivity index (χ0v) is 12.6. The number of oxazole rings is 1. The highest BCUT2D eigenvalue weighted by molar-refractivity contribution is 7.08. The summed E-state index contributed by atoms with van der Waals surface area (Å²) in [5.74, 6) is 0.631. The summed E-state index contributed by atoms with van der Waals surface area (Å²) in [6, 6.07) is 18.5. The molecule has 0 radical (unpaired) electrons. The lowest BCUT2D eigenvalue weighted by Gasteiger charge is -1.99. The number of hydrogen-bond acceptors (Lipinski definition) is 3. The number of hydrogen-bond donors (Lipinski definition) is 0. The first-order valence-corrected chi connectivity index (χ1v) is 7.99. The summed E-state index contributed by atoms with van der Waals surface area (Å²) >= 11 is 1.68. The zero-order chi connectivity index (χ0) is 14.8. The van der Waals surface area contributed by atoms with E-state index >= 15 is 0 Å². The Morgan fingerprint density at radius 2 is 1.82 bits per heavy atom.